The molecule has 0 saturated carbocycles. The van der Waals surface area contributed by atoms with Gasteiger partial charge in [-0.2, -0.15) is 11.8 Å². The Kier molecular flexibility index (Phi) is 7.71. The summed E-state index contributed by atoms with van der Waals surface area (Å²) >= 11 is 1.85. The summed E-state index contributed by atoms with van der Waals surface area (Å²) < 4.78 is 5.40. The summed E-state index contributed by atoms with van der Waals surface area (Å²) in [4.78, 5) is 11.3. The number of carbonyl (C=O) groups excluding carboxylic acids is 1. The van der Waals surface area contributed by atoms with E-state index in [1.807, 2.05) is 32.5 Å². The molecule has 0 aliphatic rings. The van der Waals surface area contributed by atoms with Crippen LogP contribution in [0.2, 0.25) is 0 Å². The first-order chi connectivity index (χ1) is 8.16. The molecule has 0 heterocycles. The van der Waals surface area contributed by atoms with Crippen LogP contribution in [0.1, 0.15) is 41.0 Å². The Morgan fingerprint density at radius 1 is 1.17 bits per heavy atom. The number of rotatable bonds is 7. The van der Waals surface area contributed by atoms with Gasteiger partial charge in [0, 0.05) is 17.8 Å². The minimum atomic E-state index is -0.426. The van der Waals surface area contributed by atoms with Crippen molar-refractivity contribution in [2.24, 2.45) is 0 Å². The molecule has 2 N–H and O–H groups in total. The Labute approximate surface area is 116 Å². The van der Waals surface area contributed by atoms with Gasteiger partial charge in [0.05, 0.1) is 0 Å². The predicted octanol–water partition coefficient (Wildman–Crippen LogP) is 2.63. The monoisotopic (exact) mass is 276 g/mol. The van der Waals surface area contributed by atoms with Gasteiger partial charge in [0.15, 0.2) is 0 Å². The first kappa shape index (κ1) is 17.6. The zero-order valence-corrected chi connectivity index (χ0v) is 13.4. The molecule has 4 nitrogen and oxygen atoms in total. The number of hydrogen-bond acceptors (Lipinski definition) is 4. The molecule has 0 aromatic heterocycles. The topological polar surface area (TPSA) is 50.4 Å². The lowest BCUT2D eigenvalue weighted by atomic mass is 10.2. The lowest BCUT2D eigenvalue weighted by molar-refractivity contribution is 0.0527. The quantitative estimate of drug-likeness (QED) is 0.702. The molecule has 0 spiro atoms. The van der Waals surface area contributed by atoms with Gasteiger partial charge in [-0.25, -0.2) is 4.79 Å². The fourth-order valence-corrected chi connectivity index (χ4v) is 1.43. The van der Waals surface area contributed by atoms with Gasteiger partial charge in [-0.05, 0) is 53.8 Å². The molecular formula is C13H28N2O2S. The molecule has 0 aliphatic carbocycles. The highest BCUT2D eigenvalue weighted by Crippen LogP contribution is 2.19. The third kappa shape index (κ3) is 10.7. The van der Waals surface area contributed by atoms with Crippen LogP contribution in [0.4, 0.5) is 4.79 Å². The van der Waals surface area contributed by atoms with Gasteiger partial charge in [-0.3, -0.25) is 0 Å². The highest BCUT2D eigenvalue weighted by molar-refractivity contribution is 7.99. The molecule has 0 atom stereocenters. The van der Waals surface area contributed by atoms with Crippen LogP contribution < -0.4 is 10.6 Å². The van der Waals surface area contributed by atoms with Crippen LogP contribution in [0.15, 0.2) is 0 Å². The van der Waals surface area contributed by atoms with E-state index in [-0.39, 0.29) is 10.8 Å². The number of hydrogen-bond donors (Lipinski definition) is 2. The molecule has 5 heteroatoms. The van der Waals surface area contributed by atoms with Crippen molar-refractivity contribution in [2.75, 3.05) is 25.9 Å². The van der Waals surface area contributed by atoms with Gasteiger partial charge in [-0.1, -0.05) is 0 Å². The van der Waals surface area contributed by atoms with Crippen molar-refractivity contribution < 1.29 is 9.53 Å². The number of amides is 1. The third-order valence-corrected chi connectivity index (χ3v) is 3.55. The maximum Gasteiger partial charge on any atom is 0.407 e. The summed E-state index contributed by atoms with van der Waals surface area (Å²) in [6.45, 7) is 12.5. The van der Waals surface area contributed by atoms with Crippen LogP contribution in [0.25, 0.3) is 0 Å². The number of carbonyl (C=O) groups is 1. The summed E-state index contributed by atoms with van der Waals surface area (Å²) in [6, 6.07) is 0. The van der Waals surface area contributed by atoms with Crippen LogP contribution in [-0.2, 0) is 4.74 Å². The second-order valence-corrected chi connectivity index (χ2v) is 7.44. The summed E-state index contributed by atoms with van der Waals surface area (Å²) in [5, 5.41) is 6.13. The van der Waals surface area contributed by atoms with Crippen LogP contribution in [-0.4, -0.2) is 42.3 Å². The molecular weight excluding hydrogens is 248 g/mol. The van der Waals surface area contributed by atoms with Crippen molar-refractivity contribution in [1.29, 1.82) is 0 Å². The molecule has 0 radical (unpaired) electrons. The second-order valence-electron chi connectivity index (χ2n) is 5.92. The van der Waals surface area contributed by atoms with Crippen molar-refractivity contribution in [2.45, 2.75) is 51.4 Å². The van der Waals surface area contributed by atoms with E-state index in [2.05, 4.69) is 30.7 Å². The van der Waals surface area contributed by atoms with Crippen molar-refractivity contribution >= 4 is 17.9 Å². The molecule has 0 bridgehead atoms. The molecule has 0 aliphatic heterocycles. The van der Waals surface area contributed by atoms with E-state index in [9.17, 15) is 4.79 Å². The van der Waals surface area contributed by atoms with Gasteiger partial charge in [0.1, 0.15) is 5.60 Å². The zero-order chi connectivity index (χ0) is 14.2. The summed E-state index contributed by atoms with van der Waals surface area (Å²) in [5.74, 6) is 0. The second kappa shape index (κ2) is 7.89. The maximum atomic E-state index is 11.3. The standard InChI is InChI=1S/C13H28N2O2S/c1-12(2,3)17-11(16)15-9-7-8-14-10-13(4,5)18-6/h14H,7-10H2,1-6H3,(H,15,16). The molecule has 0 aromatic rings. The van der Waals surface area contributed by atoms with E-state index in [0.29, 0.717) is 6.54 Å². The van der Waals surface area contributed by atoms with Crippen molar-refractivity contribution in [3.8, 4) is 0 Å². The molecule has 0 saturated heterocycles. The van der Waals surface area contributed by atoms with E-state index in [4.69, 9.17) is 4.74 Å². The van der Waals surface area contributed by atoms with E-state index in [1.54, 1.807) is 0 Å². The Hall–Kier alpha value is -0.420. The molecule has 108 valence electrons. The normalized spacial score (nSPS) is 12.3. The van der Waals surface area contributed by atoms with Crippen LogP contribution >= 0.6 is 11.8 Å². The van der Waals surface area contributed by atoms with E-state index in [1.165, 1.54) is 0 Å². The number of thioether (sulfide) groups is 1. The highest BCUT2D eigenvalue weighted by atomic mass is 32.2. The number of alkyl carbamates (subject to hydrolysis) is 1. The Bertz CT molecular complexity index is 250. The average Bonchev–Trinajstić information content (AvgIpc) is 2.20. The van der Waals surface area contributed by atoms with Crippen LogP contribution in [0.3, 0.4) is 0 Å². The Morgan fingerprint density at radius 3 is 2.28 bits per heavy atom. The van der Waals surface area contributed by atoms with Crippen molar-refractivity contribution in [3.63, 3.8) is 0 Å². The molecule has 0 rings (SSSR count). The van der Waals surface area contributed by atoms with Crippen molar-refractivity contribution in [1.82, 2.24) is 10.6 Å². The maximum absolute atomic E-state index is 11.3. The van der Waals surface area contributed by atoms with Gasteiger partial charge >= 0.3 is 6.09 Å². The summed E-state index contributed by atoms with van der Waals surface area (Å²) in [5.41, 5.74) is -0.426. The fourth-order valence-electron chi connectivity index (χ4n) is 1.18. The van der Waals surface area contributed by atoms with Gasteiger partial charge in [0.2, 0.25) is 0 Å². The largest absolute Gasteiger partial charge is 0.444 e. The minimum absolute atomic E-state index is 0.262. The Balaban J connectivity index is 3.49. The number of nitrogens with one attached hydrogen (secondary N) is 2. The average molecular weight is 276 g/mol. The van der Waals surface area contributed by atoms with E-state index >= 15 is 0 Å². The molecule has 0 fully saturated rings. The predicted molar refractivity (Wildman–Crippen MR) is 79.3 cm³/mol. The first-order valence-electron chi connectivity index (χ1n) is 6.39. The zero-order valence-electron chi connectivity index (χ0n) is 12.6. The lowest BCUT2D eigenvalue weighted by Crippen LogP contribution is -2.36. The molecule has 0 unspecified atom stereocenters. The van der Waals surface area contributed by atoms with Crippen molar-refractivity contribution in [3.05, 3.63) is 0 Å². The molecule has 1 amide bonds. The first-order valence-corrected chi connectivity index (χ1v) is 7.61. The lowest BCUT2D eigenvalue weighted by Gasteiger charge is -2.22. The third-order valence-electron chi connectivity index (χ3n) is 2.30. The Morgan fingerprint density at radius 2 is 1.78 bits per heavy atom. The fraction of sp³-hybridized carbons (Fsp3) is 0.923. The molecule has 0 aromatic carbocycles. The number of ether oxygens (including phenoxy) is 1. The van der Waals surface area contributed by atoms with E-state index in [0.717, 1.165) is 19.5 Å². The highest BCUT2D eigenvalue weighted by Gasteiger charge is 2.16. The van der Waals surface area contributed by atoms with Gasteiger partial charge in [-0.15, -0.1) is 0 Å². The van der Waals surface area contributed by atoms with Crippen LogP contribution in [0.5, 0.6) is 0 Å². The van der Waals surface area contributed by atoms with Gasteiger partial charge in [0.25, 0.3) is 0 Å². The minimum Gasteiger partial charge on any atom is -0.444 e. The van der Waals surface area contributed by atoms with Gasteiger partial charge < -0.3 is 15.4 Å². The SMILES string of the molecule is CSC(C)(C)CNCCCNC(=O)OC(C)(C)C. The summed E-state index contributed by atoms with van der Waals surface area (Å²) in [6.07, 6.45) is 2.68. The van der Waals surface area contributed by atoms with E-state index < -0.39 is 5.60 Å². The summed E-state index contributed by atoms with van der Waals surface area (Å²) in [7, 11) is 0. The van der Waals surface area contributed by atoms with Crippen LogP contribution in [0, 0.1) is 0 Å². The smallest absolute Gasteiger partial charge is 0.407 e. The molecule has 18 heavy (non-hydrogen) atoms.